The minimum absolute atomic E-state index is 0.214. The number of ether oxygens (including phenoxy) is 1. The van der Waals surface area contributed by atoms with Crippen molar-refractivity contribution >= 4 is 32.6 Å². The van der Waals surface area contributed by atoms with Crippen molar-refractivity contribution in [1.29, 1.82) is 0 Å². The Kier molecular flexibility index (Phi) is 7.32. The molecule has 10 heteroatoms. The van der Waals surface area contributed by atoms with Gasteiger partial charge in [0, 0.05) is 44.2 Å². The van der Waals surface area contributed by atoms with Crippen molar-refractivity contribution in [2.24, 2.45) is 0 Å². The first-order chi connectivity index (χ1) is 18.2. The molecule has 1 amide bonds. The molecule has 0 saturated carbocycles. The molecular formula is C28H31FN4O4S. The van der Waals surface area contributed by atoms with Crippen molar-refractivity contribution in [3.05, 3.63) is 70.7 Å². The van der Waals surface area contributed by atoms with Crippen LogP contribution in [0.2, 0.25) is 0 Å². The highest BCUT2D eigenvalue weighted by Crippen LogP contribution is 2.39. The van der Waals surface area contributed by atoms with Gasteiger partial charge in [0.2, 0.25) is 0 Å². The van der Waals surface area contributed by atoms with E-state index in [9.17, 15) is 17.6 Å². The van der Waals surface area contributed by atoms with Gasteiger partial charge >= 0.3 is 0 Å². The molecule has 2 aromatic carbocycles. The number of aryl methyl sites for hydroxylation is 2. The van der Waals surface area contributed by atoms with Crippen LogP contribution in [0.4, 0.5) is 4.39 Å². The molecule has 2 aliphatic rings. The number of hydrogen-bond donors (Lipinski definition) is 1. The van der Waals surface area contributed by atoms with Crippen LogP contribution in [0, 0.1) is 19.7 Å². The Labute approximate surface area is 222 Å². The summed E-state index contributed by atoms with van der Waals surface area (Å²) < 4.78 is 49.5. The second-order valence-corrected chi connectivity index (χ2v) is 11.5. The summed E-state index contributed by atoms with van der Waals surface area (Å²) in [4.78, 5) is 17.1. The maximum absolute atomic E-state index is 15.0. The smallest absolute Gasteiger partial charge is 0.282 e. The number of morpholine rings is 1. The number of halogens is 1. The number of nitrogens with zero attached hydrogens (tertiary/aromatic N) is 3. The maximum Gasteiger partial charge on any atom is 0.282 e. The van der Waals surface area contributed by atoms with Gasteiger partial charge in [0.05, 0.1) is 18.7 Å². The fraction of sp³-hybridized carbons (Fsp3) is 0.357. The third-order valence-electron chi connectivity index (χ3n) is 7.28. The molecule has 8 nitrogen and oxygen atoms in total. The molecule has 5 rings (SSSR count). The molecule has 2 aliphatic heterocycles. The molecule has 0 atom stereocenters. The largest absolute Gasteiger partial charge is 0.379 e. The van der Waals surface area contributed by atoms with Gasteiger partial charge in [-0.1, -0.05) is 24.3 Å². The van der Waals surface area contributed by atoms with Crippen LogP contribution in [-0.4, -0.2) is 74.4 Å². The van der Waals surface area contributed by atoms with Gasteiger partial charge in [-0.05, 0) is 66.3 Å². The molecule has 1 aromatic heterocycles. The molecule has 0 bridgehead atoms. The van der Waals surface area contributed by atoms with E-state index in [2.05, 4.69) is 10.3 Å². The number of fused-ring (bicyclic) bond motifs is 1. The highest BCUT2D eigenvalue weighted by atomic mass is 32.2. The number of nitrogens with one attached hydrogen (secondary N) is 1. The number of aromatic nitrogens is 1. The summed E-state index contributed by atoms with van der Waals surface area (Å²) in [5.74, 6) is -0.731. The molecule has 0 radical (unpaired) electrons. The summed E-state index contributed by atoms with van der Waals surface area (Å²) >= 11 is 0. The number of pyridine rings is 1. The van der Waals surface area contributed by atoms with Crippen molar-refractivity contribution in [1.82, 2.24) is 18.9 Å². The van der Waals surface area contributed by atoms with E-state index in [4.69, 9.17) is 4.74 Å². The van der Waals surface area contributed by atoms with Crippen LogP contribution in [0.15, 0.2) is 42.5 Å². The number of hydrogen-bond acceptors (Lipinski definition) is 5. The highest BCUT2D eigenvalue weighted by molar-refractivity contribution is 7.86. The molecule has 0 aliphatic carbocycles. The van der Waals surface area contributed by atoms with Gasteiger partial charge in [-0.2, -0.15) is 17.0 Å². The van der Waals surface area contributed by atoms with Gasteiger partial charge < -0.3 is 10.1 Å². The zero-order chi connectivity index (χ0) is 27.0. The van der Waals surface area contributed by atoms with Crippen LogP contribution >= 0.6 is 0 Å². The van der Waals surface area contributed by atoms with Crippen LogP contribution in [0.1, 0.15) is 33.6 Å². The highest BCUT2D eigenvalue weighted by Gasteiger charge is 2.32. The van der Waals surface area contributed by atoms with Gasteiger partial charge in [-0.3, -0.25) is 4.79 Å². The summed E-state index contributed by atoms with van der Waals surface area (Å²) in [6, 6.07) is 10.1. The Hall–Kier alpha value is -3.18. The fourth-order valence-corrected chi connectivity index (χ4v) is 6.94. The fourth-order valence-electron chi connectivity index (χ4n) is 5.42. The van der Waals surface area contributed by atoms with Gasteiger partial charge in [0.1, 0.15) is 11.5 Å². The van der Waals surface area contributed by atoms with Crippen LogP contribution in [0.5, 0.6) is 0 Å². The SMILES string of the molecule is CNC(=O)c1cc(-c2ccccc2F)c2c(C)c(C3=CCN(S(=O)(=O)N4CCOCC4)CC3)c(C)cc2n1. The first kappa shape index (κ1) is 26.4. The molecule has 0 spiro atoms. The average molecular weight is 539 g/mol. The van der Waals surface area contributed by atoms with Crippen molar-refractivity contribution in [3.63, 3.8) is 0 Å². The van der Waals surface area contributed by atoms with Crippen LogP contribution in [0.3, 0.4) is 0 Å². The van der Waals surface area contributed by atoms with Crippen molar-refractivity contribution in [2.45, 2.75) is 20.3 Å². The molecule has 0 unspecified atom stereocenters. The summed E-state index contributed by atoms with van der Waals surface area (Å²) in [6.45, 7) is 6.15. The monoisotopic (exact) mass is 538 g/mol. The van der Waals surface area contributed by atoms with E-state index in [0.29, 0.717) is 55.9 Å². The minimum atomic E-state index is -3.56. The Bertz CT molecular complexity index is 1550. The molecule has 1 saturated heterocycles. The average Bonchev–Trinajstić information content (AvgIpc) is 2.93. The molecule has 3 heterocycles. The number of carbonyl (C=O) groups excluding carboxylic acids is 1. The topological polar surface area (TPSA) is 91.8 Å². The van der Waals surface area contributed by atoms with Gasteiger partial charge in [0.25, 0.3) is 16.1 Å². The zero-order valence-corrected chi connectivity index (χ0v) is 22.6. The van der Waals surface area contributed by atoms with Crippen molar-refractivity contribution in [3.8, 4) is 11.1 Å². The van der Waals surface area contributed by atoms with E-state index in [-0.39, 0.29) is 24.0 Å². The van der Waals surface area contributed by atoms with Crippen LogP contribution in [-0.2, 0) is 14.9 Å². The third-order valence-corrected chi connectivity index (χ3v) is 9.29. The Morgan fingerprint density at radius 2 is 1.79 bits per heavy atom. The first-order valence-electron chi connectivity index (χ1n) is 12.7. The lowest BCUT2D eigenvalue weighted by molar-refractivity contribution is 0.0703. The summed E-state index contributed by atoms with van der Waals surface area (Å²) in [5, 5.41) is 3.37. The van der Waals surface area contributed by atoms with E-state index >= 15 is 0 Å². The third kappa shape index (κ3) is 4.73. The second kappa shape index (κ2) is 10.5. The molecule has 1 fully saturated rings. The van der Waals surface area contributed by atoms with Crippen LogP contribution in [0.25, 0.3) is 27.6 Å². The summed E-state index contributed by atoms with van der Waals surface area (Å²) in [5.41, 5.74) is 5.75. The maximum atomic E-state index is 15.0. The lowest BCUT2D eigenvalue weighted by Crippen LogP contribution is -2.49. The second-order valence-electron chi connectivity index (χ2n) is 9.56. The van der Waals surface area contributed by atoms with E-state index in [1.54, 1.807) is 24.3 Å². The minimum Gasteiger partial charge on any atom is -0.379 e. The van der Waals surface area contributed by atoms with E-state index in [1.165, 1.54) is 21.7 Å². The predicted molar refractivity (Wildman–Crippen MR) is 145 cm³/mol. The van der Waals surface area contributed by atoms with Crippen molar-refractivity contribution in [2.75, 3.05) is 46.4 Å². The van der Waals surface area contributed by atoms with E-state index in [0.717, 1.165) is 27.6 Å². The Morgan fingerprint density at radius 1 is 1.05 bits per heavy atom. The number of rotatable bonds is 5. The summed E-state index contributed by atoms with van der Waals surface area (Å²) in [7, 11) is -2.02. The van der Waals surface area contributed by atoms with Gasteiger partial charge in [0.15, 0.2) is 0 Å². The molecular weight excluding hydrogens is 507 g/mol. The number of carbonyl (C=O) groups is 1. The van der Waals surface area contributed by atoms with E-state index < -0.39 is 10.2 Å². The molecule has 38 heavy (non-hydrogen) atoms. The molecule has 200 valence electrons. The Balaban J connectivity index is 1.60. The van der Waals surface area contributed by atoms with Crippen molar-refractivity contribution < 1.29 is 22.3 Å². The standard InChI is InChI=1S/C28H31FN4O4S/c1-18-16-24-27(22(17-25(31-24)28(34)30-3)21-6-4-5-7-23(21)29)19(2)26(18)20-8-10-32(11-9-20)38(35,36)33-12-14-37-15-13-33/h4-8,16-17H,9-15H2,1-3H3,(H,30,34). The zero-order valence-electron chi connectivity index (χ0n) is 21.8. The predicted octanol–water partition coefficient (Wildman–Crippen LogP) is 3.68. The normalized spacial score (nSPS) is 17.4. The Morgan fingerprint density at radius 3 is 2.45 bits per heavy atom. The summed E-state index contributed by atoms with van der Waals surface area (Å²) in [6.07, 6.45) is 2.52. The number of benzene rings is 2. The first-order valence-corrected chi connectivity index (χ1v) is 14.1. The van der Waals surface area contributed by atoms with Gasteiger partial charge in [-0.25, -0.2) is 9.37 Å². The number of amides is 1. The quantitative estimate of drug-likeness (QED) is 0.535. The lowest BCUT2D eigenvalue weighted by Gasteiger charge is -2.34. The molecule has 3 aromatic rings. The van der Waals surface area contributed by atoms with Crippen LogP contribution < -0.4 is 5.32 Å². The molecule has 1 N–H and O–H groups in total. The van der Waals surface area contributed by atoms with E-state index in [1.807, 2.05) is 26.0 Å². The lowest BCUT2D eigenvalue weighted by atomic mass is 9.87. The van der Waals surface area contributed by atoms with Gasteiger partial charge in [-0.15, -0.1) is 0 Å².